The van der Waals surface area contributed by atoms with E-state index in [-0.39, 0.29) is 25.7 Å². The lowest BCUT2D eigenvalue weighted by molar-refractivity contribution is -0.899. The number of benzene rings is 1. The van der Waals surface area contributed by atoms with Crippen LogP contribution in [0.5, 0.6) is 5.75 Å². The highest BCUT2D eigenvalue weighted by molar-refractivity contribution is 6.44. The van der Waals surface area contributed by atoms with E-state index in [1.165, 1.54) is 7.11 Å². The number of ether oxygens (including phenoxy) is 1. The third-order valence-electron chi connectivity index (χ3n) is 4.36. The largest absolute Gasteiger partial charge is 0.495 e. The number of imide groups is 2. The van der Waals surface area contributed by atoms with Crippen LogP contribution in [-0.4, -0.2) is 67.0 Å². The molecule has 1 fully saturated rings. The van der Waals surface area contributed by atoms with Crippen LogP contribution in [0.2, 0.25) is 0 Å². The van der Waals surface area contributed by atoms with Gasteiger partial charge >= 0.3 is 17.8 Å². The Morgan fingerprint density at radius 1 is 1.07 bits per heavy atom. The van der Waals surface area contributed by atoms with Gasteiger partial charge in [0.15, 0.2) is 13.2 Å². The number of anilines is 1. The molecular weight excluding hydrogens is 364 g/mol. The Kier molecular flexibility index (Phi) is 7.51. The van der Waals surface area contributed by atoms with Crippen LogP contribution >= 0.6 is 0 Å². The second-order valence-corrected chi connectivity index (χ2v) is 6.56. The molecule has 9 heteroatoms. The monoisotopic (exact) mass is 391 g/mol. The summed E-state index contributed by atoms with van der Waals surface area (Å²) >= 11 is 0. The molecule has 1 aromatic carbocycles. The van der Waals surface area contributed by atoms with Crippen LogP contribution in [0.1, 0.15) is 26.7 Å². The van der Waals surface area contributed by atoms with Gasteiger partial charge in [-0.05, 0) is 25.0 Å². The van der Waals surface area contributed by atoms with Gasteiger partial charge in [-0.3, -0.25) is 19.3 Å². The summed E-state index contributed by atoms with van der Waals surface area (Å²) in [5, 5.41) is 2.79. The van der Waals surface area contributed by atoms with Crippen LogP contribution < -0.4 is 15.0 Å². The van der Waals surface area contributed by atoms with Gasteiger partial charge in [-0.1, -0.05) is 26.0 Å². The van der Waals surface area contributed by atoms with Crippen molar-refractivity contribution in [3.8, 4) is 5.75 Å². The van der Waals surface area contributed by atoms with Gasteiger partial charge in [-0.15, -0.1) is 0 Å². The minimum Gasteiger partial charge on any atom is -0.495 e. The molecule has 0 bridgehead atoms. The summed E-state index contributed by atoms with van der Waals surface area (Å²) in [6.07, 6.45) is 1.32. The summed E-state index contributed by atoms with van der Waals surface area (Å²) in [4.78, 5) is 51.7. The van der Waals surface area contributed by atoms with E-state index in [1.807, 2.05) is 13.8 Å². The fraction of sp³-hybridized carbons (Fsp3) is 0.474. The zero-order valence-corrected chi connectivity index (χ0v) is 16.5. The lowest BCUT2D eigenvalue weighted by Crippen LogP contribution is -3.14. The molecule has 2 N–H and O–H groups in total. The van der Waals surface area contributed by atoms with Crippen molar-refractivity contribution in [3.63, 3.8) is 0 Å². The van der Waals surface area contributed by atoms with Gasteiger partial charge in [0.1, 0.15) is 5.75 Å². The Labute approximate surface area is 164 Å². The number of methoxy groups -OCH3 is 1. The molecule has 0 radical (unpaired) electrons. The average molecular weight is 391 g/mol. The first-order chi connectivity index (χ1) is 13.4. The predicted molar refractivity (Wildman–Crippen MR) is 102 cm³/mol. The number of nitrogens with one attached hydrogen (secondary N) is 2. The minimum atomic E-state index is -0.836. The second-order valence-electron chi connectivity index (χ2n) is 6.56. The molecule has 0 aromatic heterocycles. The number of urea groups is 1. The Morgan fingerprint density at radius 2 is 1.75 bits per heavy atom. The van der Waals surface area contributed by atoms with Gasteiger partial charge in [0, 0.05) is 6.54 Å². The molecule has 1 saturated heterocycles. The Hall–Kier alpha value is -2.94. The highest BCUT2D eigenvalue weighted by Crippen LogP contribution is 2.22. The SMILES string of the molecule is CCCN1C(=O)C(=O)N(C[NH+](CCC)CC(=O)Nc2ccccc2OC)C1=O. The molecule has 0 saturated carbocycles. The maximum absolute atomic E-state index is 12.5. The van der Waals surface area contributed by atoms with Crippen molar-refractivity contribution in [3.05, 3.63) is 24.3 Å². The lowest BCUT2D eigenvalue weighted by Gasteiger charge is -2.23. The fourth-order valence-electron chi connectivity index (χ4n) is 3.08. The first-order valence-electron chi connectivity index (χ1n) is 9.36. The van der Waals surface area contributed by atoms with Gasteiger partial charge < -0.3 is 15.0 Å². The van der Waals surface area contributed by atoms with E-state index < -0.39 is 17.8 Å². The molecule has 1 heterocycles. The number of quaternary nitrogens is 1. The standard InChI is InChI=1S/C19H26N4O5/c1-4-10-21(12-16(24)20-14-8-6-7-9-15(14)28-3)13-23-18(26)17(25)22(11-5-2)19(23)27/h6-9H,4-5,10-13H2,1-3H3,(H,20,24)/p+1. The predicted octanol–water partition coefficient (Wildman–Crippen LogP) is 0.0869. The van der Waals surface area contributed by atoms with Crippen LogP contribution in [0.4, 0.5) is 10.5 Å². The van der Waals surface area contributed by atoms with Crippen molar-refractivity contribution >= 4 is 29.4 Å². The van der Waals surface area contributed by atoms with Crippen LogP contribution in [0.3, 0.4) is 0 Å². The number of amides is 5. The summed E-state index contributed by atoms with van der Waals surface area (Å²) in [6.45, 7) is 4.56. The molecule has 1 unspecified atom stereocenters. The lowest BCUT2D eigenvalue weighted by atomic mass is 10.3. The molecule has 0 aliphatic carbocycles. The Balaban J connectivity index is 2.05. The maximum atomic E-state index is 12.5. The number of carbonyl (C=O) groups excluding carboxylic acids is 4. The highest BCUT2D eigenvalue weighted by atomic mass is 16.5. The van der Waals surface area contributed by atoms with Crippen LogP contribution in [-0.2, 0) is 14.4 Å². The van der Waals surface area contributed by atoms with E-state index in [4.69, 9.17) is 4.74 Å². The normalized spacial score (nSPS) is 15.2. The van der Waals surface area contributed by atoms with Gasteiger partial charge in [0.2, 0.25) is 0 Å². The molecule has 2 rings (SSSR count). The van der Waals surface area contributed by atoms with Gasteiger partial charge in [0.05, 0.1) is 19.3 Å². The van der Waals surface area contributed by atoms with E-state index in [9.17, 15) is 19.2 Å². The highest BCUT2D eigenvalue weighted by Gasteiger charge is 2.45. The van der Waals surface area contributed by atoms with Crippen LogP contribution in [0.25, 0.3) is 0 Å². The second kappa shape index (κ2) is 9.84. The van der Waals surface area contributed by atoms with Crippen LogP contribution in [0.15, 0.2) is 24.3 Å². The molecule has 1 aromatic rings. The first kappa shape index (κ1) is 21.4. The van der Waals surface area contributed by atoms with E-state index in [0.29, 0.717) is 29.3 Å². The Bertz CT molecular complexity index is 752. The Morgan fingerprint density at radius 3 is 2.39 bits per heavy atom. The minimum absolute atomic E-state index is 0.0309. The quantitative estimate of drug-likeness (QED) is 0.435. The molecule has 5 amide bonds. The molecule has 0 spiro atoms. The molecule has 28 heavy (non-hydrogen) atoms. The van der Waals surface area contributed by atoms with Crippen molar-refractivity contribution in [2.24, 2.45) is 0 Å². The molecule has 1 aliphatic heterocycles. The molecule has 152 valence electrons. The number of hydrogen-bond donors (Lipinski definition) is 2. The van der Waals surface area contributed by atoms with E-state index in [2.05, 4.69) is 5.32 Å². The maximum Gasteiger partial charge on any atom is 0.338 e. The summed E-state index contributed by atoms with van der Waals surface area (Å²) in [6, 6.07) is 6.43. The van der Waals surface area contributed by atoms with Gasteiger partial charge in [-0.25, -0.2) is 9.69 Å². The smallest absolute Gasteiger partial charge is 0.338 e. The summed E-state index contributed by atoms with van der Waals surface area (Å²) < 4.78 is 5.22. The van der Waals surface area contributed by atoms with Crippen LogP contribution in [0, 0.1) is 0 Å². The topological polar surface area (TPSA) is 100 Å². The zero-order chi connectivity index (χ0) is 20.7. The third-order valence-corrected chi connectivity index (χ3v) is 4.36. The van der Waals surface area contributed by atoms with Crippen molar-refractivity contribution in [2.45, 2.75) is 26.7 Å². The van der Waals surface area contributed by atoms with Crippen molar-refractivity contribution < 1.29 is 28.8 Å². The summed E-state index contributed by atoms with van der Waals surface area (Å²) in [7, 11) is 1.52. The summed E-state index contributed by atoms with van der Waals surface area (Å²) in [5.74, 6) is -1.37. The van der Waals surface area contributed by atoms with Gasteiger partial charge in [-0.2, -0.15) is 0 Å². The number of carbonyl (C=O) groups is 4. The van der Waals surface area contributed by atoms with E-state index in [1.54, 1.807) is 24.3 Å². The molecule has 1 atom stereocenters. The number of rotatable bonds is 10. The van der Waals surface area contributed by atoms with Gasteiger partial charge in [0.25, 0.3) is 5.91 Å². The van der Waals surface area contributed by atoms with Crippen molar-refractivity contribution in [1.82, 2.24) is 9.80 Å². The first-order valence-corrected chi connectivity index (χ1v) is 9.36. The number of hydrogen-bond acceptors (Lipinski definition) is 5. The van der Waals surface area contributed by atoms with E-state index >= 15 is 0 Å². The molecule has 9 nitrogen and oxygen atoms in total. The number of nitrogens with zero attached hydrogens (tertiary/aromatic N) is 2. The average Bonchev–Trinajstić information content (AvgIpc) is 2.87. The zero-order valence-electron chi connectivity index (χ0n) is 16.5. The molecule has 1 aliphatic rings. The van der Waals surface area contributed by atoms with Crippen molar-refractivity contribution in [1.29, 1.82) is 0 Å². The number of para-hydroxylation sites is 2. The fourth-order valence-corrected chi connectivity index (χ4v) is 3.08. The summed E-state index contributed by atoms with van der Waals surface area (Å²) in [5.41, 5.74) is 0.545. The van der Waals surface area contributed by atoms with Crippen molar-refractivity contribution in [2.75, 3.05) is 38.7 Å². The van der Waals surface area contributed by atoms with E-state index in [0.717, 1.165) is 16.2 Å². The molecular formula is C19H27N4O5+. The third kappa shape index (κ3) is 4.86.